The van der Waals surface area contributed by atoms with E-state index in [1.807, 2.05) is 6.92 Å². The highest BCUT2D eigenvalue weighted by atomic mass is 19.4. The zero-order chi connectivity index (χ0) is 19.8. The maximum absolute atomic E-state index is 13.3. The third kappa shape index (κ3) is 4.09. The summed E-state index contributed by atoms with van der Waals surface area (Å²) >= 11 is 0. The molecule has 27 heavy (non-hydrogen) atoms. The van der Waals surface area contributed by atoms with Gasteiger partial charge in [0.25, 0.3) is 0 Å². The van der Waals surface area contributed by atoms with Crippen LogP contribution in [0.3, 0.4) is 0 Å². The van der Waals surface area contributed by atoms with E-state index in [-0.39, 0.29) is 40.9 Å². The van der Waals surface area contributed by atoms with Crippen LogP contribution in [0.2, 0.25) is 0 Å². The highest BCUT2D eigenvalue weighted by Gasteiger charge is 2.35. The minimum absolute atomic E-state index is 0.0507. The average Bonchev–Trinajstić information content (AvgIpc) is 3.14. The van der Waals surface area contributed by atoms with E-state index in [0.717, 1.165) is 6.07 Å². The number of carbonyl (C=O) groups is 1. The summed E-state index contributed by atoms with van der Waals surface area (Å²) in [6, 6.07) is 2.56. The van der Waals surface area contributed by atoms with E-state index in [0.29, 0.717) is 6.54 Å². The number of amides is 1. The molecule has 1 atom stereocenters. The van der Waals surface area contributed by atoms with Crippen molar-refractivity contribution in [2.45, 2.75) is 46.1 Å². The van der Waals surface area contributed by atoms with E-state index >= 15 is 0 Å². The molecule has 3 aromatic rings. The van der Waals surface area contributed by atoms with Crippen molar-refractivity contribution in [2.75, 3.05) is 0 Å². The topological polar surface area (TPSA) is 77.6 Å². The van der Waals surface area contributed by atoms with Crippen molar-refractivity contribution >= 4 is 16.9 Å². The maximum Gasteiger partial charge on any atom is 0.417 e. The Morgan fingerprint density at radius 3 is 2.70 bits per heavy atom. The molecule has 0 aliphatic rings. The quantitative estimate of drug-likeness (QED) is 0.738. The predicted molar refractivity (Wildman–Crippen MR) is 91.8 cm³/mol. The van der Waals surface area contributed by atoms with Gasteiger partial charge in [0.1, 0.15) is 6.54 Å². The second-order valence-corrected chi connectivity index (χ2v) is 6.45. The lowest BCUT2D eigenvalue weighted by Gasteiger charge is -2.14. The number of hydrogen-bond donors (Lipinski definition) is 1. The van der Waals surface area contributed by atoms with Gasteiger partial charge in [-0.25, -0.2) is 9.67 Å². The Balaban J connectivity index is 1.83. The number of rotatable bonds is 5. The normalized spacial score (nSPS) is 13.1. The van der Waals surface area contributed by atoms with Crippen LogP contribution in [0.1, 0.15) is 23.9 Å². The summed E-state index contributed by atoms with van der Waals surface area (Å²) in [7, 11) is 0. The summed E-state index contributed by atoms with van der Waals surface area (Å²) in [6.45, 7) is 5.03. The smallest absolute Gasteiger partial charge is 0.350 e. The fraction of sp³-hybridized carbons (Fsp3) is 0.412. The van der Waals surface area contributed by atoms with Gasteiger partial charge in [0.2, 0.25) is 5.91 Å². The second kappa shape index (κ2) is 7.01. The van der Waals surface area contributed by atoms with Crippen LogP contribution in [-0.2, 0) is 24.1 Å². The number of alkyl halides is 3. The van der Waals surface area contributed by atoms with Crippen LogP contribution in [0.4, 0.5) is 13.2 Å². The average molecular weight is 380 g/mol. The molecule has 0 saturated heterocycles. The van der Waals surface area contributed by atoms with Crippen molar-refractivity contribution in [1.29, 1.82) is 0 Å². The summed E-state index contributed by atoms with van der Waals surface area (Å²) in [5.41, 5.74) is -0.346. The number of fused-ring (bicyclic) bond motifs is 1. The molecule has 3 rings (SSSR count). The summed E-state index contributed by atoms with van der Waals surface area (Å²) < 4.78 is 42.9. The molecule has 0 radical (unpaired) electrons. The molecule has 0 aliphatic carbocycles. The monoisotopic (exact) mass is 380 g/mol. The first-order chi connectivity index (χ1) is 12.6. The maximum atomic E-state index is 13.3. The molecule has 0 unspecified atom stereocenters. The SMILES string of the molecule is Cc1cc(C(F)(F)F)c2c(C)nn(CC(=O)N[C@@H](C)Cn3cccn3)c2n1. The first-order valence-corrected chi connectivity index (χ1v) is 8.34. The second-order valence-electron chi connectivity index (χ2n) is 6.45. The number of aryl methyl sites for hydroxylation is 2. The molecular formula is C17H19F3N6O. The number of pyridine rings is 1. The molecule has 1 amide bonds. The van der Waals surface area contributed by atoms with E-state index < -0.39 is 11.7 Å². The molecule has 0 fully saturated rings. The van der Waals surface area contributed by atoms with Gasteiger partial charge in [0.15, 0.2) is 5.65 Å². The first-order valence-electron chi connectivity index (χ1n) is 8.34. The molecule has 7 nitrogen and oxygen atoms in total. The number of nitrogens with zero attached hydrogens (tertiary/aromatic N) is 5. The Morgan fingerprint density at radius 1 is 1.33 bits per heavy atom. The Hall–Kier alpha value is -2.91. The zero-order valence-corrected chi connectivity index (χ0v) is 15.1. The predicted octanol–water partition coefficient (Wildman–Crippen LogP) is 2.47. The standard InChI is InChI=1S/C17H19F3N6O/c1-10-7-13(17(18,19)20)15-12(3)24-26(16(15)23-10)9-14(27)22-11(2)8-25-6-4-5-21-25/h4-7,11H,8-9H2,1-3H3,(H,22,27)/t11-/m0/s1. The van der Waals surface area contributed by atoms with Crippen LogP contribution in [0.5, 0.6) is 0 Å². The van der Waals surface area contributed by atoms with E-state index in [4.69, 9.17) is 0 Å². The van der Waals surface area contributed by atoms with Gasteiger partial charge in [-0.1, -0.05) is 0 Å². The number of aromatic nitrogens is 5. The lowest BCUT2D eigenvalue weighted by Crippen LogP contribution is -2.38. The molecule has 0 bridgehead atoms. The summed E-state index contributed by atoms with van der Waals surface area (Å²) in [5, 5.41) is 10.9. The van der Waals surface area contributed by atoms with Crippen molar-refractivity contribution in [2.24, 2.45) is 0 Å². The highest BCUT2D eigenvalue weighted by molar-refractivity contribution is 5.85. The van der Waals surface area contributed by atoms with Gasteiger partial charge in [-0.2, -0.15) is 23.4 Å². The third-order valence-electron chi connectivity index (χ3n) is 4.03. The minimum atomic E-state index is -4.52. The van der Waals surface area contributed by atoms with Gasteiger partial charge in [-0.3, -0.25) is 9.48 Å². The fourth-order valence-electron chi connectivity index (χ4n) is 3.00. The molecular weight excluding hydrogens is 361 g/mol. The van der Waals surface area contributed by atoms with Crippen molar-refractivity contribution in [3.05, 3.63) is 41.5 Å². The summed E-state index contributed by atoms with van der Waals surface area (Å²) in [6.07, 6.45) is -1.11. The summed E-state index contributed by atoms with van der Waals surface area (Å²) in [5.74, 6) is -0.365. The van der Waals surface area contributed by atoms with Gasteiger partial charge in [-0.05, 0) is 32.9 Å². The van der Waals surface area contributed by atoms with Crippen LogP contribution >= 0.6 is 0 Å². The van der Waals surface area contributed by atoms with Crippen LogP contribution in [0.15, 0.2) is 24.5 Å². The Labute approximate surface area is 153 Å². The number of hydrogen-bond acceptors (Lipinski definition) is 4. The number of nitrogens with one attached hydrogen (secondary N) is 1. The minimum Gasteiger partial charge on any atom is -0.350 e. The van der Waals surface area contributed by atoms with Crippen LogP contribution in [0, 0.1) is 13.8 Å². The summed E-state index contributed by atoms with van der Waals surface area (Å²) in [4.78, 5) is 16.5. The van der Waals surface area contributed by atoms with Gasteiger partial charge in [0.05, 0.1) is 23.2 Å². The third-order valence-corrected chi connectivity index (χ3v) is 4.03. The van der Waals surface area contributed by atoms with E-state index in [1.165, 1.54) is 18.5 Å². The molecule has 1 N–H and O–H groups in total. The van der Waals surface area contributed by atoms with Gasteiger partial charge >= 0.3 is 6.18 Å². The molecule has 0 aliphatic heterocycles. The largest absolute Gasteiger partial charge is 0.417 e. The molecule has 0 spiro atoms. The Kier molecular flexibility index (Phi) is 4.90. The first kappa shape index (κ1) is 18.9. The van der Waals surface area contributed by atoms with E-state index in [1.54, 1.807) is 23.1 Å². The molecule has 3 heterocycles. The molecule has 0 saturated carbocycles. The van der Waals surface area contributed by atoms with Crippen molar-refractivity contribution in [1.82, 2.24) is 29.9 Å². The number of carbonyl (C=O) groups excluding carboxylic acids is 1. The Bertz CT molecular complexity index is 961. The number of halogens is 3. The molecule has 3 aromatic heterocycles. The lowest BCUT2D eigenvalue weighted by molar-refractivity contribution is -0.136. The Morgan fingerprint density at radius 2 is 2.07 bits per heavy atom. The van der Waals surface area contributed by atoms with E-state index in [9.17, 15) is 18.0 Å². The van der Waals surface area contributed by atoms with Crippen LogP contribution in [-0.4, -0.2) is 36.5 Å². The van der Waals surface area contributed by atoms with E-state index in [2.05, 4.69) is 20.5 Å². The van der Waals surface area contributed by atoms with Crippen molar-refractivity contribution in [3.8, 4) is 0 Å². The lowest BCUT2D eigenvalue weighted by atomic mass is 10.1. The highest BCUT2D eigenvalue weighted by Crippen LogP contribution is 2.36. The van der Waals surface area contributed by atoms with Crippen molar-refractivity contribution in [3.63, 3.8) is 0 Å². The van der Waals surface area contributed by atoms with Crippen LogP contribution in [0.25, 0.3) is 11.0 Å². The van der Waals surface area contributed by atoms with Gasteiger partial charge in [-0.15, -0.1) is 0 Å². The van der Waals surface area contributed by atoms with Gasteiger partial charge in [0, 0.05) is 24.1 Å². The molecule has 0 aromatic carbocycles. The van der Waals surface area contributed by atoms with Gasteiger partial charge < -0.3 is 5.32 Å². The zero-order valence-electron chi connectivity index (χ0n) is 15.1. The van der Waals surface area contributed by atoms with Crippen molar-refractivity contribution < 1.29 is 18.0 Å². The molecule has 144 valence electrons. The van der Waals surface area contributed by atoms with Crippen LogP contribution < -0.4 is 5.32 Å². The fourth-order valence-corrected chi connectivity index (χ4v) is 3.00. The molecule has 10 heteroatoms.